The summed E-state index contributed by atoms with van der Waals surface area (Å²) in [5.74, 6) is 0. The first-order valence-electron chi connectivity index (χ1n) is 24.0. The van der Waals surface area contributed by atoms with Gasteiger partial charge in [0.1, 0.15) is 0 Å². The average molecular weight is 864 g/mol. The van der Waals surface area contributed by atoms with E-state index in [1.807, 2.05) is 0 Å². The van der Waals surface area contributed by atoms with Gasteiger partial charge in [-0.1, -0.05) is 193 Å². The lowest BCUT2D eigenvalue weighted by atomic mass is 9.54. The van der Waals surface area contributed by atoms with E-state index in [9.17, 15) is 0 Å². The second-order valence-electron chi connectivity index (χ2n) is 19.6. The van der Waals surface area contributed by atoms with E-state index in [1.165, 1.54) is 134 Å². The van der Waals surface area contributed by atoms with E-state index in [2.05, 4.69) is 245 Å². The molecule has 0 saturated carbocycles. The zero-order valence-corrected chi connectivity index (χ0v) is 38.2. The quantitative estimate of drug-likeness (QED) is 0.174. The molecule has 0 unspecified atom stereocenters. The zero-order valence-electron chi connectivity index (χ0n) is 38.2. The summed E-state index contributed by atoms with van der Waals surface area (Å²) in [5.41, 5.74) is 31.9. The summed E-state index contributed by atoms with van der Waals surface area (Å²) in [6, 6.07) is 78.4. The number of rotatable bonds is 2. The van der Waals surface area contributed by atoms with Crippen LogP contribution in [0.25, 0.3) is 44.5 Å². The Morgan fingerprint density at radius 1 is 0.397 bits per heavy atom. The van der Waals surface area contributed by atoms with Gasteiger partial charge in [0.15, 0.2) is 7.28 Å². The lowest BCUT2D eigenvalue weighted by Crippen LogP contribution is -2.47. The molecule has 5 aliphatic rings. The molecule has 2 spiro atoms. The van der Waals surface area contributed by atoms with Gasteiger partial charge in [-0.2, -0.15) is 0 Å². The normalized spacial score (nSPS) is 14.8. The molecule has 317 valence electrons. The van der Waals surface area contributed by atoms with Crippen LogP contribution in [0.5, 0.6) is 0 Å². The Kier molecular flexibility index (Phi) is 7.54. The lowest BCUT2D eigenvalue weighted by Gasteiger charge is -2.48. The minimum Gasteiger partial charge on any atom is -0.354 e. The maximum absolute atomic E-state index is 4.12. The van der Waals surface area contributed by atoms with E-state index in [0.29, 0.717) is 0 Å². The van der Waals surface area contributed by atoms with Crippen LogP contribution in [-0.4, -0.2) is 7.28 Å². The van der Waals surface area contributed by atoms with E-state index in [4.69, 9.17) is 0 Å². The minimum absolute atomic E-state index is 0.487. The molecule has 1 N–H and O–H groups in total. The van der Waals surface area contributed by atoms with E-state index in [-0.39, 0.29) is 0 Å². The fraction of sp³-hybridized carbons (Fsp3) is 0.0769. The van der Waals surface area contributed by atoms with Crippen LogP contribution < -0.4 is 21.1 Å². The molecule has 0 amide bonds. The summed E-state index contributed by atoms with van der Waals surface area (Å²) in [4.78, 5) is 2.62. The Bertz CT molecular complexity index is 3760. The van der Waals surface area contributed by atoms with Crippen molar-refractivity contribution in [3.05, 3.63) is 267 Å². The number of nitrogens with one attached hydrogen (secondary N) is 1. The van der Waals surface area contributed by atoms with Gasteiger partial charge >= 0.3 is 0 Å². The summed E-state index contributed by atoms with van der Waals surface area (Å²) < 4.78 is 0. The van der Waals surface area contributed by atoms with Crippen molar-refractivity contribution in [3.8, 4) is 44.5 Å². The van der Waals surface area contributed by atoms with Crippen molar-refractivity contribution in [1.29, 1.82) is 0 Å². The van der Waals surface area contributed by atoms with Crippen LogP contribution >= 0.6 is 0 Å². The number of hydrogen-bond acceptors (Lipinski definition) is 2. The molecule has 0 atom stereocenters. The highest BCUT2D eigenvalue weighted by Crippen LogP contribution is 2.65. The monoisotopic (exact) mass is 863 g/mol. The van der Waals surface area contributed by atoms with Gasteiger partial charge in [0.2, 0.25) is 0 Å². The van der Waals surface area contributed by atoms with Crippen LogP contribution in [0, 0.1) is 20.8 Å². The van der Waals surface area contributed by atoms with Gasteiger partial charge in [-0.15, -0.1) is 0 Å². The molecule has 2 nitrogen and oxygen atoms in total. The molecule has 10 aromatic carbocycles. The topological polar surface area (TPSA) is 15.3 Å². The fourth-order valence-corrected chi connectivity index (χ4v) is 13.9. The predicted molar refractivity (Wildman–Crippen MR) is 283 cm³/mol. The Hall–Kier alpha value is -8.14. The summed E-state index contributed by atoms with van der Waals surface area (Å²) in [7, 11) is 2.50. The maximum Gasteiger partial charge on any atom is 0.197 e. The van der Waals surface area contributed by atoms with Crippen molar-refractivity contribution in [2.24, 2.45) is 0 Å². The third-order valence-corrected chi connectivity index (χ3v) is 16.2. The summed E-state index contributed by atoms with van der Waals surface area (Å²) in [5, 5.41) is 4.12. The van der Waals surface area contributed by atoms with Crippen LogP contribution in [0.15, 0.2) is 206 Å². The van der Waals surface area contributed by atoms with Gasteiger partial charge in [0.25, 0.3) is 0 Å². The van der Waals surface area contributed by atoms with Gasteiger partial charge in [-0.05, 0) is 145 Å². The second-order valence-corrected chi connectivity index (χ2v) is 19.6. The highest BCUT2D eigenvalue weighted by molar-refractivity contribution is 6.73. The smallest absolute Gasteiger partial charge is 0.197 e. The first-order valence-corrected chi connectivity index (χ1v) is 24.0. The molecule has 1 radical (unpaired) electrons. The molecule has 3 heteroatoms. The second kappa shape index (κ2) is 13.5. The van der Waals surface area contributed by atoms with Gasteiger partial charge in [-0.25, -0.2) is 0 Å². The molecule has 3 aliphatic heterocycles. The molecule has 0 aromatic heterocycles. The average Bonchev–Trinajstić information content (AvgIpc) is 3.83. The molecule has 15 rings (SSSR count). The molecule has 2 aliphatic carbocycles. The Morgan fingerprint density at radius 2 is 0.882 bits per heavy atom. The van der Waals surface area contributed by atoms with Crippen molar-refractivity contribution in [3.63, 3.8) is 0 Å². The molecule has 0 fully saturated rings. The molecule has 0 bridgehead atoms. The van der Waals surface area contributed by atoms with E-state index < -0.39 is 10.8 Å². The first kappa shape index (κ1) is 38.0. The van der Waals surface area contributed by atoms with Crippen LogP contribution in [0.2, 0.25) is 0 Å². The van der Waals surface area contributed by atoms with Gasteiger partial charge < -0.3 is 10.2 Å². The Morgan fingerprint density at radius 3 is 1.51 bits per heavy atom. The van der Waals surface area contributed by atoms with E-state index >= 15 is 0 Å². The number of fused-ring (bicyclic) bond motifs is 20. The van der Waals surface area contributed by atoms with Gasteiger partial charge in [0.05, 0.1) is 22.2 Å². The Labute approximate surface area is 398 Å². The third kappa shape index (κ3) is 4.59. The SMILES string of the molecule is Cc1cc(C)c(-c2cc(-c3cccc4c3Nc3ccccc3C43c4ccccc4-c4ccccc43)c3c(c2)N2c4ccccc4C4(c5ccccc5-c5ccccc54)c4cccc(c42)[B]3)c(C)c1. The Balaban J connectivity index is 1.05. The van der Waals surface area contributed by atoms with Crippen molar-refractivity contribution >= 4 is 46.6 Å². The minimum atomic E-state index is -0.513. The fourth-order valence-electron chi connectivity index (χ4n) is 13.9. The van der Waals surface area contributed by atoms with Gasteiger partial charge in [-0.3, -0.25) is 0 Å². The highest BCUT2D eigenvalue weighted by Gasteiger charge is 2.54. The van der Waals surface area contributed by atoms with Crippen LogP contribution in [0.4, 0.5) is 28.4 Å². The van der Waals surface area contributed by atoms with Crippen LogP contribution in [0.1, 0.15) is 61.2 Å². The third-order valence-electron chi connectivity index (χ3n) is 16.2. The molecular weight excluding hydrogens is 820 g/mol. The standard InChI is InChI=1S/C65H44BN2/c1-38-34-39(2)60(40(3)35-38)41-36-47(46-22-16-29-54-62(46)67-57-32-14-12-27-52(57)64(54)48-23-8-4-18-42(48)43-19-5-9-24-49(43)64)61-59(37-41)68-58-33-15-13-28-53(58)65(55-30-17-31-56(66-61)63(55)68)50-25-10-6-20-44(50)45-21-7-11-26-51(45)65/h4-37,67H,1-3H3. The van der Waals surface area contributed by atoms with Crippen LogP contribution in [0.3, 0.4) is 0 Å². The number of para-hydroxylation sites is 4. The molecule has 0 saturated heterocycles. The number of anilines is 5. The number of aryl methyl sites for hydroxylation is 3. The summed E-state index contributed by atoms with van der Waals surface area (Å²) >= 11 is 0. The van der Waals surface area contributed by atoms with Gasteiger partial charge in [0, 0.05) is 22.6 Å². The van der Waals surface area contributed by atoms with Crippen molar-refractivity contribution in [2.75, 3.05) is 10.2 Å². The maximum atomic E-state index is 4.12. The van der Waals surface area contributed by atoms with Crippen molar-refractivity contribution in [2.45, 2.75) is 31.6 Å². The predicted octanol–water partition coefficient (Wildman–Crippen LogP) is 14.5. The number of nitrogens with zero attached hydrogens (tertiary/aromatic N) is 1. The summed E-state index contributed by atoms with van der Waals surface area (Å²) in [6.07, 6.45) is 0. The largest absolute Gasteiger partial charge is 0.354 e. The number of benzene rings is 10. The van der Waals surface area contributed by atoms with E-state index in [0.717, 1.165) is 11.4 Å². The molecule has 3 heterocycles. The highest BCUT2D eigenvalue weighted by atomic mass is 15.2. The molecule has 68 heavy (non-hydrogen) atoms. The van der Waals surface area contributed by atoms with Crippen molar-refractivity contribution < 1.29 is 0 Å². The first-order chi connectivity index (χ1) is 33.5. The molecular formula is C65H44BN2. The van der Waals surface area contributed by atoms with Crippen LogP contribution in [-0.2, 0) is 10.8 Å². The number of hydrogen-bond donors (Lipinski definition) is 1. The van der Waals surface area contributed by atoms with Crippen molar-refractivity contribution in [1.82, 2.24) is 0 Å². The zero-order chi connectivity index (χ0) is 45.0. The molecule has 10 aromatic rings. The van der Waals surface area contributed by atoms with E-state index in [1.54, 1.807) is 0 Å². The lowest BCUT2D eigenvalue weighted by molar-refractivity contribution is 0.754. The summed E-state index contributed by atoms with van der Waals surface area (Å²) in [6.45, 7) is 6.78.